The summed E-state index contributed by atoms with van der Waals surface area (Å²) in [4.78, 5) is 5.28. The summed E-state index contributed by atoms with van der Waals surface area (Å²) in [5, 5.41) is 10.4. The smallest absolute Gasteiger partial charge is 0.119 e. The van der Waals surface area contributed by atoms with Crippen LogP contribution in [-0.2, 0) is 11.4 Å². The first-order valence-corrected chi connectivity index (χ1v) is 7.07. The van der Waals surface area contributed by atoms with Crippen molar-refractivity contribution >= 4 is 11.6 Å². The summed E-state index contributed by atoms with van der Waals surface area (Å²) >= 11 is 5.78. The van der Waals surface area contributed by atoms with Gasteiger partial charge in [0.15, 0.2) is 0 Å². The number of hydroxylamine groups is 1. The van der Waals surface area contributed by atoms with E-state index in [0.29, 0.717) is 23.9 Å². The van der Waals surface area contributed by atoms with Crippen molar-refractivity contribution in [3.8, 4) is 5.75 Å². The second kappa shape index (κ2) is 8.64. The Bertz CT molecular complexity index is 519. The average Bonchev–Trinajstić information content (AvgIpc) is 2.52. The summed E-state index contributed by atoms with van der Waals surface area (Å²) in [7, 11) is 0. The van der Waals surface area contributed by atoms with Crippen LogP contribution >= 0.6 is 11.6 Å². The first kappa shape index (κ1) is 15.8. The van der Waals surface area contributed by atoms with Gasteiger partial charge in [-0.05, 0) is 29.8 Å². The standard InChI is InChI=1S/C16H18ClNO3/c17-14-6-8-16(9-7-14)20-12-15(19)10-18-21-11-13-4-2-1-3-5-13/h1-9,15,18-19H,10-12H2. The van der Waals surface area contributed by atoms with Crippen molar-refractivity contribution < 1.29 is 14.7 Å². The number of rotatable bonds is 8. The lowest BCUT2D eigenvalue weighted by Crippen LogP contribution is -2.31. The second-order valence-electron chi connectivity index (χ2n) is 4.54. The third-order valence-electron chi connectivity index (χ3n) is 2.76. The molecule has 2 aromatic rings. The van der Waals surface area contributed by atoms with Gasteiger partial charge in [0.05, 0.1) is 13.2 Å². The van der Waals surface area contributed by atoms with E-state index >= 15 is 0 Å². The highest BCUT2D eigenvalue weighted by Gasteiger charge is 2.05. The maximum atomic E-state index is 9.77. The normalized spacial score (nSPS) is 12.1. The summed E-state index contributed by atoms with van der Waals surface area (Å²) in [6.45, 7) is 0.926. The molecule has 0 aliphatic heterocycles. The predicted octanol–water partition coefficient (Wildman–Crippen LogP) is 2.80. The molecule has 0 spiro atoms. The zero-order valence-electron chi connectivity index (χ0n) is 11.5. The van der Waals surface area contributed by atoms with Gasteiger partial charge in [-0.2, -0.15) is 5.48 Å². The van der Waals surface area contributed by atoms with E-state index in [1.54, 1.807) is 24.3 Å². The summed E-state index contributed by atoms with van der Waals surface area (Å²) in [5.74, 6) is 0.670. The molecule has 0 bridgehead atoms. The number of benzene rings is 2. The number of ether oxygens (including phenoxy) is 1. The molecule has 112 valence electrons. The van der Waals surface area contributed by atoms with Crippen LogP contribution in [0.15, 0.2) is 54.6 Å². The summed E-state index contributed by atoms with van der Waals surface area (Å²) in [6.07, 6.45) is -0.656. The molecule has 1 atom stereocenters. The first-order valence-electron chi connectivity index (χ1n) is 6.69. The summed E-state index contributed by atoms with van der Waals surface area (Å²) < 4.78 is 5.43. The number of aliphatic hydroxyl groups is 1. The lowest BCUT2D eigenvalue weighted by atomic mass is 10.2. The summed E-state index contributed by atoms with van der Waals surface area (Å²) in [6, 6.07) is 16.8. The Morgan fingerprint density at radius 2 is 1.76 bits per heavy atom. The largest absolute Gasteiger partial charge is 0.491 e. The van der Waals surface area contributed by atoms with Crippen LogP contribution in [0.1, 0.15) is 5.56 Å². The van der Waals surface area contributed by atoms with Gasteiger partial charge in [-0.3, -0.25) is 4.84 Å². The van der Waals surface area contributed by atoms with Crippen molar-refractivity contribution in [3.63, 3.8) is 0 Å². The van der Waals surface area contributed by atoms with E-state index in [4.69, 9.17) is 21.2 Å². The van der Waals surface area contributed by atoms with Crippen LogP contribution in [0.3, 0.4) is 0 Å². The van der Waals surface area contributed by atoms with Gasteiger partial charge in [0, 0.05) is 5.02 Å². The molecular formula is C16H18ClNO3. The van der Waals surface area contributed by atoms with E-state index in [0.717, 1.165) is 5.56 Å². The Balaban J connectivity index is 1.59. The van der Waals surface area contributed by atoms with Gasteiger partial charge in [-0.15, -0.1) is 0 Å². The Morgan fingerprint density at radius 3 is 2.48 bits per heavy atom. The highest BCUT2D eigenvalue weighted by molar-refractivity contribution is 6.30. The number of nitrogens with one attached hydrogen (secondary N) is 1. The molecule has 2 aromatic carbocycles. The van der Waals surface area contributed by atoms with E-state index in [9.17, 15) is 5.11 Å². The van der Waals surface area contributed by atoms with Gasteiger partial charge in [-0.1, -0.05) is 41.9 Å². The number of halogens is 1. The van der Waals surface area contributed by atoms with Crippen LogP contribution in [0.5, 0.6) is 5.75 Å². The molecule has 0 aliphatic rings. The van der Waals surface area contributed by atoms with Gasteiger partial charge in [0.2, 0.25) is 0 Å². The van der Waals surface area contributed by atoms with Gasteiger partial charge < -0.3 is 9.84 Å². The monoisotopic (exact) mass is 307 g/mol. The fourth-order valence-electron chi connectivity index (χ4n) is 1.65. The molecule has 0 saturated heterocycles. The molecule has 0 fully saturated rings. The highest BCUT2D eigenvalue weighted by atomic mass is 35.5. The number of aliphatic hydroxyl groups excluding tert-OH is 1. The molecule has 0 aromatic heterocycles. The SMILES string of the molecule is OC(CNOCc1ccccc1)COc1ccc(Cl)cc1. The maximum Gasteiger partial charge on any atom is 0.119 e. The van der Waals surface area contributed by atoms with Crippen LogP contribution in [0.4, 0.5) is 0 Å². The van der Waals surface area contributed by atoms with Gasteiger partial charge in [-0.25, -0.2) is 0 Å². The highest BCUT2D eigenvalue weighted by Crippen LogP contribution is 2.15. The van der Waals surface area contributed by atoms with Crippen molar-refractivity contribution in [1.29, 1.82) is 0 Å². The van der Waals surface area contributed by atoms with Crippen molar-refractivity contribution in [3.05, 3.63) is 65.2 Å². The minimum absolute atomic E-state index is 0.184. The van der Waals surface area contributed by atoms with Gasteiger partial charge in [0.1, 0.15) is 18.5 Å². The molecule has 0 amide bonds. The van der Waals surface area contributed by atoms with E-state index in [-0.39, 0.29) is 6.61 Å². The van der Waals surface area contributed by atoms with Crippen molar-refractivity contribution in [2.75, 3.05) is 13.2 Å². The Hall–Kier alpha value is -1.59. The Kier molecular flexibility index (Phi) is 6.50. The van der Waals surface area contributed by atoms with Crippen LogP contribution in [0.2, 0.25) is 5.02 Å². The fraction of sp³-hybridized carbons (Fsp3) is 0.250. The zero-order chi connectivity index (χ0) is 14.9. The van der Waals surface area contributed by atoms with Crippen LogP contribution in [-0.4, -0.2) is 24.4 Å². The van der Waals surface area contributed by atoms with Crippen molar-refractivity contribution in [2.24, 2.45) is 0 Å². The van der Waals surface area contributed by atoms with Crippen LogP contribution in [0, 0.1) is 0 Å². The minimum atomic E-state index is -0.656. The third kappa shape index (κ3) is 6.14. The van der Waals surface area contributed by atoms with Gasteiger partial charge in [0.25, 0.3) is 0 Å². The molecule has 4 nitrogen and oxygen atoms in total. The molecule has 0 radical (unpaired) electrons. The maximum absolute atomic E-state index is 9.77. The molecular weight excluding hydrogens is 290 g/mol. The molecule has 0 heterocycles. The quantitative estimate of drug-likeness (QED) is 0.581. The molecule has 0 aliphatic carbocycles. The Labute approximate surface area is 129 Å². The molecule has 2 N–H and O–H groups in total. The first-order chi connectivity index (χ1) is 10.2. The average molecular weight is 308 g/mol. The van der Waals surface area contributed by atoms with Crippen LogP contribution in [0.25, 0.3) is 0 Å². The van der Waals surface area contributed by atoms with E-state index in [1.807, 2.05) is 30.3 Å². The fourth-order valence-corrected chi connectivity index (χ4v) is 1.77. The molecule has 21 heavy (non-hydrogen) atoms. The number of hydrogen-bond acceptors (Lipinski definition) is 4. The van der Waals surface area contributed by atoms with Crippen molar-refractivity contribution in [2.45, 2.75) is 12.7 Å². The summed E-state index contributed by atoms with van der Waals surface area (Å²) in [5.41, 5.74) is 3.79. The second-order valence-corrected chi connectivity index (χ2v) is 4.98. The topological polar surface area (TPSA) is 50.7 Å². The van der Waals surface area contributed by atoms with E-state index in [1.165, 1.54) is 0 Å². The Morgan fingerprint density at radius 1 is 1.05 bits per heavy atom. The molecule has 1 unspecified atom stereocenters. The van der Waals surface area contributed by atoms with Crippen molar-refractivity contribution in [1.82, 2.24) is 5.48 Å². The third-order valence-corrected chi connectivity index (χ3v) is 3.01. The van der Waals surface area contributed by atoms with E-state index in [2.05, 4.69) is 5.48 Å². The number of hydrogen-bond donors (Lipinski definition) is 2. The molecule has 5 heteroatoms. The lowest BCUT2D eigenvalue weighted by molar-refractivity contribution is -0.00596. The van der Waals surface area contributed by atoms with Gasteiger partial charge >= 0.3 is 0 Å². The molecule has 2 rings (SSSR count). The minimum Gasteiger partial charge on any atom is -0.491 e. The van der Waals surface area contributed by atoms with E-state index < -0.39 is 6.10 Å². The predicted molar refractivity (Wildman–Crippen MR) is 82.2 cm³/mol. The molecule has 0 saturated carbocycles. The zero-order valence-corrected chi connectivity index (χ0v) is 12.3. The van der Waals surface area contributed by atoms with Crippen LogP contribution < -0.4 is 10.2 Å². The lowest BCUT2D eigenvalue weighted by Gasteiger charge is -2.13.